The number of methoxy groups -OCH3 is 3. The maximum Gasteiger partial charge on any atom is 0.255 e. The van der Waals surface area contributed by atoms with Crippen LogP contribution in [0, 0.1) is 0 Å². The van der Waals surface area contributed by atoms with Crippen molar-refractivity contribution in [3.8, 4) is 17.2 Å². The third-order valence-electron chi connectivity index (χ3n) is 4.34. The summed E-state index contributed by atoms with van der Waals surface area (Å²) in [5.41, 5.74) is 0.452. The number of piperidine rings is 1. The molecule has 1 fully saturated rings. The van der Waals surface area contributed by atoms with E-state index in [1.807, 2.05) is 0 Å². The lowest BCUT2D eigenvalue weighted by atomic mass is 10.1. The number of ether oxygens (including phenoxy) is 3. The summed E-state index contributed by atoms with van der Waals surface area (Å²) in [6, 6.07) is 3.32. The van der Waals surface area contributed by atoms with Crippen molar-refractivity contribution in [3.63, 3.8) is 0 Å². The van der Waals surface area contributed by atoms with Gasteiger partial charge in [0.15, 0.2) is 11.5 Å². The van der Waals surface area contributed by atoms with E-state index < -0.39 is 0 Å². The van der Waals surface area contributed by atoms with Gasteiger partial charge in [0.2, 0.25) is 0 Å². The van der Waals surface area contributed by atoms with Gasteiger partial charge in [0, 0.05) is 18.7 Å². The molecule has 0 radical (unpaired) electrons. The normalized spacial score (nSPS) is 15.0. The van der Waals surface area contributed by atoms with Crippen LogP contribution in [-0.4, -0.2) is 58.3 Å². The highest BCUT2D eigenvalue weighted by atomic mass is 16.5. The molecular weight excluding hydrogens is 308 g/mol. The van der Waals surface area contributed by atoms with Crippen molar-refractivity contribution in [1.29, 1.82) is 0 Å². The Morgan fingerprint density at radius 2 is 1.62 bits per heavy atom. The van der Waals surface area contributed by atoms with E-state index in [-0.39, 0.29) is 5.91 Å². The first-order valence-corrected chi connectivity index (χ1v) is 8.50. The van der Waals surface area contributed by atoms with Crippen LogP contribution < -0.4 is 19.5 Å². The minimum absolute atomic E-state index is 0.161. The molecule has 6 heteroatoms. The minimum Gasteiger partial charge on any atom is -0.496 e. The molecule has 2 rings (SSSR count). The molecule has 1 saturated heterocycles. The van der Waals surface area contributed by atoms with Gasteiger partial charge in [-0.25, -0.2) is 0 Å². The number of amides is 1. The summed E-state index contributed by atoms with van der Waals surface area (Å²) in [4.78, 5) is 14.9. The molecular formula is C18H28N2O4. The first-order valence-electron chi connectivity index (χ1n) is 8.50. The lowest BCUT2D eigenvalue weighted by Crippen LogP contribution is -2.33. The zero-order valence-electron chi connectivity index (χ0n) is 14.9. The SMILES string of the molecule is COc1cc(OC)c(C(=O)NCCCN2CCCCC2)cc1OC. The molecule has 0 unspecified atom stereocenters. The molecule has 24 heavy (non-hydrogen) atoms. The van der Waals surface area contributed by atoms with E-state index in [1.165, 1.54) is 39.5 Å². The van der Waals surface area contributed by atoms with Crippen molar-refractivity contribution >= 4 is 5.91 Å². The van der Waals surface area contributed by atoms with Crippen LogP contribution in [0.25, 0.3) is 0 Å². The van der Waals surface area contributed by atoms with Crippen LogP contribution in [0.15, 0.2) is 12.1 Å². The molecule has 1 aromatic carbocycles. The fourth-order valence-electron chi connectivity index (χ4n) is 2.99. The second-order valence-corrected chi connectivity index (χ2v) is 5.92. The van der Waals surface area contributed by atoms with Crippen LogP contribution in [-0.2, 0) is 0 Å². The molecule has 6 nitrogen and oxygen atoms in total. The van der Waals surface area contributed by atoms with Crippen molar-refractivity contribution in [3.05, 3.63) is 17.7 Å². The van der Waals surface area contributed by atoms with Gasteiger partial charge >= 0.3 is 0 Å². The second kappa shape index (κ2) is 9.37. The Kier molecular flexibility index (Phi) is 7.18. The smallest absolute Gasteiger partial charge is 0.255 e. The van der Waals surface area contributed by atoms with Crippen molar-refractivity contribution in [1.82, 2.24) is 10.2 Å². The van der Waals surface area contributed by atoms with Crippen LogP contribution in [0.3, 0.4) is 0 Å². The lowest BCUT2D eigenvalue weighted by molar-refractivity contribution is 0.0947. The van der Waals surface area contributed by atoms with Gasteiger partial charge in [-0.05, 0) is 38.9 Å². The average Bonchev–Trinajstić information content (AvgIpc) is 2.64. The summed E-state index contributed by atoms with van der Waals surface area (Å²) in [7, 11) is 4.64. The molecule has 1 aromatic rings. The Bertz CT molecular complexity index is 542. The van der Waals surface area contributed by atoms with Gasteiger partial charge in [0.05, 0.1) is 26.9 Å². The largest absolute Gasteiger partial charge is 0.496 e. The Labute approximate surface area is 144 Å². The van der Waals surface area contributed by atoms with Crippen molar-refractivity contribution in [2.75, 3.05) is 47.5 Å². The van der Waals surface area contributed by atoms with Gasteiger partial charge in [0.25, 0.3) is 5.91 Å². The molecule has 0 spiro atoms. The van der Waals surface area contributed by atoms with E-state index in [4.69, 9.17) is 14.2 Å². The summed E-state index contributed by atoms with van der Waals surface area (Å²) in [5.74, 6) is 1.36. The lowest BCUT2D eigenvalue weighted by Gasteiger charge is -2.26. The van der Waals surface area contributed by atoms with Crippen LogP contribution in [0.4, 0.5) is 0 Å². The van der Waals surface area contributed by atoms with E-state index in [0.29, 0.717) is 29.4 Å². The van der Waals surface area contributed by atoms with Crippen molar-refractivity contribution < 1.29 is 19.0 Å². The highest BCUT2D eigenvalue weighted by Gasteiger charge is 2.17. The first kappa shape index (κ1) is 18.4. The van der Waals surface area contributed by atoms with E-state index in [9.17, 15) is 4.79 Å². The highest BCUT2D eigenvalue weighted by molar-refractivity contribution is 5.97. The number of benzene rings is 1. The molecule has 1 N–H and O–H groups in total. The fourth-order valence-corrected chi connectivity index (χ4v) is 2.99. The minimum atomic E-state index is -0.161. The molecule has 1 amide bonds. The molecule has 0 saturated carbocycles. The van der Waals surface area contributed by atoms with E-state index in [2.05, 4.69) is 10.2 Å². The zero-order chi connectivity index (χ0) is 17.4. The Hall–Kier alpha value is -1.95. The number of hydrogen-bond acceptors (Lipinski definition) is 5. The van der Waals surface area contributed by atoms with Gasteiger partial charge in [-0.3, -0.25) is 4.79 Å². The van der Waals surface area contributed by atoms with E-state index in [0.717, 1.165) is 13.0 Å². The van der Waals surface area contributed by atoms with Gasteiger partial charge in [-0.1, -0.05) is 6.42 Å². The molecule has 0 aliphatic carbocycles. The number of carbonyl (C=O) groups excluding carboxylic acids is 1. The average molecular weight is 336 g/mol. The monoisotopic (exact) mass is 336 g/mol. The Morgan fingerprint density at radius 3 is 2.25 bits per heavy atom. The second-order valence-electron chi connectivity index (χ2n) is 5.92. The number of hydrogen-bond donors (Lipinski definition) is 1. The standard InChI is InChI=1S/C18H28N2O4/c1-22-15-13-17(24-3)16(23-2)12-14(15)18(21)19-8-7-11-20-9-5-4-6-10-20/h12-13H,4-11H2,1-3H3,(H,19,21). The summed E-state index contributed by atoms with van der Waals surface area (Å²) in [5, 5.41) is 2.96. The number of nitrogens with one attached hydrogen (secondary N) is 1. The molecule has 134 valence electrons. The topological polar surface area (TPSA) is 60.0 Å². The molecule has 0 bridgehead atoms. The Morgan fingerprint density at radius 1 is 1.00 bits per heavy atom. The van der Waals surface area contributed by atoms with Crippen LogP contribution in [0.5, 0.6) is 17.2 Å². The predicted molar refractivity (Wildman–Crippen MR) is 93.3 cm³/mol. The summed E-state index contributed by atoms with van der Waals surface area (Å²) < 4.78 is 15.8. The van der Waals surface area contributed by atoms with Crippen molar-refractivity contribution in [2.45, 2.75) is 25.7 Å². The van der Waals surface area contributed by atoms with Gasteiger partial charge in [-0.15, -0.1) is 0 Å². The quantitative estimate of drug-likeness (QED) is 0.738. The molecule has 1 heterocycles. The third kappa shape index (κ3) is 4.77. The van der Waals surface area contributed by atoms with Crippen LogP contribution >= 0.6 is 0 Å². The maximum absolute atomic E-state index is 12.4. The summed E-state index contributed by atoms with van der Waals surface area (Å²) in [6.45, 7) is 4.03. The van der Waals surface area contributed by atoms with Gasteiger partial charge in [0.1, 0.15) is 5.75 Å². The summed E-state index contributed by atoms with van der Waals surface area (Å²) >= 11 is 0. The third-order valence-corrected chi connectivity index (χ3v) is 4.34. The van der Waals surface area contributed by atoms with E-state index in [1.54, 1.807) is 26.4 Å². The fraction of sp³-hybridized carbons (Fsp3) is 0.611. The molecule has 1 aliphatic rings. The molecule has 0 aromatic heterocycles. The van der Waals surface area contributed by atoms with Crippen LogP contribution in [0.2, 0.25) is 0 Å². The molecule has 0 atom stereocenters. The number of likely N-dealkylation sites (tertiary alicyclic amines) is 1. The Balaban J connectivity index is 1.91. The number of carbonyl (C=O) groups is 1. The summed E-state index contributed by atoms with van der Waals surface area (Å²) in [6.07, 6.45) is 4.86. The number of nitrogens with zero attached hydrogens (tertiary/aromatic N) is 1. The predicted octanol–water partition coefficient (Wildman–Crippen LogP) is 2.32. The van der Waals surface area contributed by atoms with Crippen molar-refractivity contribution in [2.24, 2.45) is 0 Å². The first-order chi connectivity index (χ1) is 11.7. The van der Waals surface area contributed by atoms with E-state index >= 15 is 0 Å². The zero-order valence-corrected chi connectivity index (χ0v) is 14.9. The van der Waals surface area contributed by atoms with Crippen LogP contribution in [0.1, 0.15) is 36.0 Å². The van der Waals surface area contributed by atoms with Gasteiger partial charge < -0.3 is 24.4 Å². The maximum atomic E-state index is 12.4. The van der Waals surface area contributed by atoms with Gasteiger partial charge in [-0.2, -0.15) is 0 Å². The molecule has 1 aliphatic heterocycles. The highest BCUT2D eigenvalue weighted by Crippen LogP contribution is 2.34. The number of rotatable bonds is 8.